The van der Waals surface area contributed by atoms with E-state index in [9.17, 15) is 0 Å². The van der Waals surface area contributed by atoms with Crippen molar-refractivity contribution in [3.05, 3.63) is 69.8 Å². The standard InChI is InChI=1S/C18H18/c1-2-8-14-13(7-1)15-9-3-4-11-17(15)18-12-6-5-10-16(14)18/h1-6H,7-12H2. The zero-order valence-corrected chi connectivity index (χ0v) is 10.7. The summed E-state index contributed by atoms with van der Waals surface area (Å²) in [4.78, 5) is 0. The Kier molecular flexibility index (Phi) is 2.29. The molecule has 0 heterocycles. The van der Waals surface area contributed by atoms with E-state index in [1.54, 1.807) is 33.4 Å². The molecule has 0 bridgehead atoms. The molecule has 0 spiro atoms. The molecule has 0 saturated heterocycles. The van der Waals surface area contributed by atoms with Gasteiger partial charge in [-0.1, -0.05) is 36.5 Å². The molecule has 0 aromatic heterocycles. The first-order chi connectivity index (χ1) is 8.95. The molecule has 1 aromatic rings. The summed E-state index contributed by atoms with van der Waals surface area (Å²) in [6.07, 6.45) is 21.1. The zero-order valence-electron chi connectivity index (χ0n) is 10.7. The molecule has 0 nitrogen and oxygen atoms in total. The minimum Gasteiger partial charge on any atom is -0.0838 e. The summed E-state index contributed by atoms with van der Waals surface area (Å²) in [5.41, 5.74) is 9.95. The van der Waals surface area contributed by atoms with Gasteiger partial charge in [-0.3, -0.25) is 0 Å². The average Bonchev–Trinajstić information content (AvgIpc) is 2.48. The summed E-state index contributed by atoms with van der Waals surface area (Å²) in [7, 11) is 0. The molecule has 3 aliphatic carbocycles. The molecular weight excluding hydrogens is 216 g/mol. The van der Waals surface area contributed by atoms with Crippen LogP contribution >= 0.6 is 0 Å². The van der Waals surface area contributed by atoms with E-state index in [1.165, 1.54) is 0 Å². The number of hydrogen-bond acceptors (Lipinski definition) is 0. The Morgan fingerprint density at radius 1 is 0.333 bits per heavy atom. The van der Waals surface area contributed by atoms with E-state index < -0.39 is 0 Å². The van der Waals surface area contributed by atoms with E-state index >= 15 is 0 Å². The van der Waals surface area contributed by atoms with Crippen molar-refractivity contribution in [2.75, 3.05) is 0 Å². The van der Waals surface area contributed by atoms with Crippen LogP contribution < -0.4 is 0 Å². The van der Waals surface area contributed by atoms with Crippen molar-refractivity contribution in [3.8, 4) is 0 Å². The van der Waals surface area contributed by atoms with Gasteiger partial charge in [0.1, 0.15) is 0 Å². The second kappa shape index (κ2) is 3.98. The van der Waals surface area contributed by atoms with Crippen LogP contribution in [0.2, 0.25) is 0 Å². The maximum Gasteiger partial charge on any atom is -0.00914 e. The number of benzene rings is 1. The van der Waals surface area contributed by atoms with Crippen molar-refractivity contribution < 1.29 is 0 Å². The lowest BCUT2D eigenvalue weighted by atomic mass is 9.76. The van der Waals surface area contributed by atoms with Gasteiger partial charge in [0.25, 0.3) is 0 Å². The van der Waals surface area contributed by atoms with E-state index in [0.29, 0.717) is 0 Å². The predicted octanol–water partition coefficient (Wildman–Crippen LogP) is 3.65. The Balaban J connectivity index is 2.02. The Morgan fingerprint density at radius 2 is 0.500 bits per heavy atom. The molecule has 1 aromatic carbocycles. The lowest BCUT2D eigenvalue weighted by Gasteiger charge is -2.29. The Hall–Kier alpha value is -1.56. The highest BCUT2D eigenvalue weighted by Crippen LogP contribution is 2.36. The Morgan fingerprint density at radius 3 is 0.667 bits per heavy atom. The van der Waals surface area contributed by atoms with Gasteiger partial charge in [-0.2, -0.15) is 0 Å². The minimum atomic E-state index is 1.16. The fourth-order valence-corrected chi connectivity index (χ4v) is 3.78. The van der Waals surface area contributed by atoms with Gasteiger partial charge in [0.15, 0.2) is 0 Å². The van der Waals surface area contributed by atoms with Gasteiger partial charge in [-0.25, -0.2) is 0 Å². The lowest BCUT2D eigenvalue weighted by molar-refractivity contribution is 0.918. The molecule has 18 heavy (non-hydrogen) atoms. The topological polar surface area (TPSA) is 0 Å². The normalized spacial score (nSPS) is 19.3. The second-order valence-corrected chi connectivity index (χ2v) is 5.51. The first-order valence-electron chi connectivity index (χ1n) is 7.07. The molecule has 4 rings (SSSR count). The average molecular weight is 234 g/mol. The molecule has 0 fully saturated rings. The van der Waals surface area contributed by atoms with Crippen LogP contribution in [0.1, 0.15) is 33.4 Å². The highest BCUT2D eigenvalue weighted by molar-refractivity contribution is 5.58. The van der Waals surface area contributed by atoms with Crippen molar-refractivity contribution in [3.63, 3.8) is 0 Å². The molecule has 0 N–H and O–H groups in total. The molecule has 0 aliphatic heterocycles. The predicted molar refractivity (Wildman–Crippen MR) is 76.1 cm³/mol. The molecule has 0 amide bonds. The van der Waals surface area contributed by atoms with Gasteiger partial charge >= 0.3 is 0 Å². The molecule has 3 aliphatic rings. The SMILES string of the molecule is C1=CCc2c(c3c(c4c2CC=CC4)CC=CC3)C1. The molecule has 0 saturated carbocycles. The monoisotopic (exact) mass is 234 g/mol. The third-order valence-electron chi connectivity index (χ3n) is 4.62. The minimum absolute atomic E-state index is 1.16. The number of hydrogen-bond donors (Lipinski definition) is 0. The second-order valence-electron chi connectivity index (χ2n) is 5.51. The molecule has 0 unspecified atom stereocenters. The fraction of sp³-hybridized carbons (Fsp3) is 0.333. The van der Waals surface area contributed by atoms with Crippen molar-refractivity contribution in [2.45, 2.75) is 38.5 Å². The summed E-state index contributed by atoms with van der Waals surface area (Å²) in [5.74, 6) is 0. The third-order valence-corrected chi connectivity index (χ3v) is 4.62. The van der Waals surface area contributed by atoms with E-state index in [4.69, 9.17) is 0 Å². The molecule has 90 valence electrons. The highest BCUT2D eigenvalue weighted by Gasteiger charge is 2.23. The number of allylic oxidation sites excluding steroid dienone is 6. The molecule has 0 atom stereocenters. The molecule has 0 radical (unpaired) electrons. The van der Waals surface area contributed by atoms with Gasteiger partial charge in [0, 0.05) is 0 Å². The maximum atomic E-state index is 2.35. The first-order valence-corrected chi connectivity index (χ1v) is 7.07. The first kappa shape index (κ1) is 10.4. The summed E-state index contributed by atoms with van der Waals surface area (Å²) >= 11 is 0. The van der Waals surface area contributed by atoms with Gasteiger partial charge < -0.3 is 0 Å². The fourth-order valence-electron chi connectivity index (χ4n) is 3.78. The van der Waals surface area contributed by atoms with E-state index in [-0.39, 0.29) is 0 Å². The molecular formula is C18H18. The van der Waals surface area contributed by atoms with Crippen molar-refractivity contribution >= 4 is 0 Å². The Bertz CT molecular complexity index is 441. The summed E-state index contributed by atoms with van der Waals surface area (Å²) in [6.45, 7) is 0. The summed E-state index contributed by atoms with van der Waals surface area (Å²) in [5, 5.41) is 0. The smallest absolute Gasteiger partial charge is 0.00914 e. The molecule has 0 heteroatoms. The van der Waals surface area contributed by atoms with Gasteiger partial charge in [-0.15, -0.1) is 0 Å². The zero-order chi connectivity index (χ0) is 11.9. The number of fused-ring (bicyclic) bond motifs is 6. The van der Waals surface area contributed by atoms with Crippen LogP contribution in [0.4, 0.5) is 0 Å². The summed E-state index contributed by atoms with van der Waals surface area (Å²) < 4.78 is 0. The van der Waals surface area contributed by atoms with E-state index in [0.717, 1.165) is 38.5 Å². The van der Waals surface area contributed by atoms with E-state index in [2.05, 4.69) is 36.5 Å². The van der Waals surface area contributed by atoms with Crippen LogP contribution in [0.5, 0.6) is 0 Å². The van der Waals surface area contributed by atoms with E-state index in [1.807, 2.05) is 0 Å². The quantitative estimate of drug-likeness (QED) is 0.601. The summed E-state index contributed by atoms with van der Waals surface area (Å²) in [6, 6.07) is 0. The van der Waals surface area contributed by atoms with Crippen molar-refractivity contribution in [1.29, 1.82) is 0 Å². The van der Waals surface area contributed by atoms with Gasteiger partial charge in [-0.05, 0) is 71.9 Å². The van der Waals surface area contributed by atoms with Gasteiger partial charge in [0.2, 0.25) is 0 Å². The Labute approximate surface area is 109 Å². The van der Waals surface area contributed by atoms with Crippen LogP contribution in [0.3, 0.4) is 0 Å². The van der Waals surface area contributed by atoms with Crippen LogP contribution in [0.25, 0.3) is 0 Å². The maximum absolute atomic E-state index is 2.35. The van der Waals surface area contributed by atoms with Gasteiger partial charge in [0.05, 0.1) is 0 Å². The van der Waals surface area contributed by atoms with Crippen LogP contribution in [0, 0.1) is 0 Å². The van der Waals surface area contributed by atoms with Crippen molar-refractivity contribution in [1.82, 2.24) is 0 Å². The van der Waals surface area contributed by atoms with Crippen LogP contribution in [-0.2, 0) is 38.5 Å². The lowest BCUT2D eigenvalue weighted by Crippen LogP contribution is -2.16. The third kappa shape index (κ3) is 1.38. The van der Waals surface area contributed by atoms with Crippen LogP contribution in [-0.4, -0.2) is 0 Å². The van der Waals surface area contributed by atoms with Crippen LogP contribution in [0.15, 0.2) is 36.5 Å². The van der Waals surface area contributed by atoms with Crippen molar-refractivity contribution in [2.24, 2.45) is 0 Å². The highest BCUT2D eigenvalue weighted by atomic mass is 14.3. The largest absolute Gasteiger partial charge is 0.0838 e. The number of rotatable bonds is 0.